The van der Waals surface area contributed by atoms with Crippen LogP contribution in [0.25, 0.3) is 5.69 Å². The highest BCUT2D eigenvalue weighted by Gasteiger charge is 2.16. The van der Waals surface area contributed by atoms with Gasteiger partial charge < -0.3 is 14.6 Å². The van der Waals surface area contributed by atoms with E-state index >= 15 is 0 Å². The maximum absolute atomic E-state index is 5.54. The number of hydrogen-bond donors (Lipinski definition) is 1. The Hall–Kier alpha value is -1.74. The van der Waals surface area contributed by atoms with Crippen LogP contribution in [0, 0.1) is 13.8 Å². The van der Waals surface area contributed by atoms with E-state index in [2.05, 4.69) is 41.9 Å². The fourth-order valence-corrected chi connectivity index (χ4v) is 3.65. The molecular weight excluding hydrogens is 284 g/mol. The van der Waals surface area contributed by atoms with Gasteiger partial charge in [-0.2, -0.15) is 0 Å². The molecule has 3 nitrogen and oxygen atoms in total. The molecule has 0 atom stereocenters. The number of nitrogens with one attached hydrogen (secondary N) is 1. The Labute approximate surface area is 139 Å². The number of aryl methyl sites for hydroxylation is 1. The Morgan fingerprint density at radius 3 is 2.48 bits per heavy atom. The number of benzene rings is 1. The van der Waals surface area contributed by atoms with Gasteiger partial charge in [0.1, 0.15) is 5.75 Å². The van der Waals surface area contributed by atoms with E-state index in [1.54, 1.807) is 0 Å². The van der Waals surface area contributed by atoms with E-state index in [1.807, 2.05) is 19.1 Å². The molecule has 3 rings (SSSR count). The van der Waals surface area contributed by atoms with Crippen molar-refractivity contribution in [2.45, 2.75) is 59.0 Å². The fourth-order valence-electron chi connectivity index (χ4n) is 3.65. The summed E-state index contributed by atoms with van der Waals surface area (Å²) in [6.45, 7) is 8.09. The fraction of sp³-hybridized carbons (Fsp3) is 0.500. The molecule has 1 N–H and O–H groups in total. The van der Waals surface area contributed by atoms with Crippen LogP contribution in [0.5, 0.6) is 5.75 Å². The highest BCUT2D eigenvalue weighted by atomic mass is 16.5. The monoisotopic (exact) mass is 312 g/mol. The molecule has 0 saturated heterocycles. The van der Waals surface area contributed by atoms with Crippen molar-refractivity contribution in [3.8, 4) is 11.4 Å². The lowest BCUT2D eigenvalue weighted by molar-refractivity contribution is 0.340. The third kappa shape index (κ3) is 3.61. The third-order valence-electron chi connectivity index (χ3n) is 4.88. The van der Waals surface area contributed by atoms with Crippen molar-refractivity contribution in [1.82, 2.24) is 9.88 Å². The Morgan fingerprint density at radius 1 is 1.13 bits per heavy atom. The van der Waals surface area contributed by atoms with Gasteiger partial charge in [0, 0.05) is 29.7 Å². The summed E-state index contributed by atoms with van der Waals surface area (Å²) < 4.78 is 7.87. The molecule has 1 fully saturated rings. The maximum Gasteiger partial charge on any atom is 0.119 e. The van der Waals surface area contributed by atoms with Crippen molar-refractivity contribution < 1.29 is 4.74 Å². The molecule has 3 heteroatoms. The predicted octanol–water partition coefficient (Wildman–Crippen LogP) is 4.53. The van der Waals surface area contributed by atoms with Crippen LogP contribution in [0.3, 0.4) is 0 Å². The molecule has 124 valence electrons. The minimum atomic E-state index is 0.706. The summed E-state index contributed by atoms with van der Waals surface area (Å²) in [5.74, 6) is 0.932. The van der Waals surface area contributed by atoms with Gasteiger partial charge in [-0.1, -0.05) is 12.8 Å². The van der Waals surface area contributed by atoms with Gasteiger partial charge in [0.15, 0.2) is 0 Å². The quantitative estimate of drug-likeness (QED) is 0.848. The first-order valence-electron chi connectivity index (χ1n) is 8.83. The Bertz CT molecular complexity index is 636. The van der Waals surface area contributed by atoms with Crippen LogP contribution in [-0.2, 0) is 6.54 Å². The Morgan fingerprint density at radius 2 is 1.83 bits per heavy atom. The molecule has 1 heterocycles. The molecule has 1 aromatic carbocycles. The number of rotatable bonds is 6. The van der Waals surface area contributed by atoms with Crippen LogP contribution in [-0.4, -0.2) is 17.2 Å². The lowest BCUT2D eigenvalue weighted by atomic mass is 10.2. The number of nitrogens with zero attached hydrogens (tertiary/aromatic N) is 1. The average Bonchev–Trinajstić information content (AvgIpc) is 3.15. The highest BCUT2D eigenvalue weighted by Crippen LogP contribution is 2.24. The van der Waals surface area contributed by atoms with Crippen LogP contribution >= 0.6 is 0 Å². The second kappa shape index (κ2) is 7.22. The zero-order valence-corrected chi connectivity index (χ0v) is 14.6. The zero-order chi connectivity index (χ0) is 16.2. The maximum atomic E-state index is 5.54. The van der Waals surface area contributed by atoms with E-state index in [9.17, 15) is 0 Å². The van der Waals surface area contributed by atoms with Gasteiger partial charge in [-0.25, -0.2) is 0 Å². The molecule has 0 amide bonds. The number of ether oxygens (including phenoxy) is 1. The predicted molar refractivity (Wildman–Crippen MR) is 95.5 cm³/mol. The van der Waals surface area contributed by atoms with Gasteiger partial charge in [-0.05, 0) is 69.5 Å². The van der Waals surface area contributed by atoms with Crippen molar-refractivity contribution in [2.24, 2.45) is 0 Å². The normalized spacial score (nSPS) is 15.3. The first kappa shape index (κ1) is 16.1. The summed E-state index contributed by atoms with van der Waals surface area (Å²) in [5.41, 5.74) is 5.23. The molecular formula is C20H28N2O. The Kier molecular flexibility index (Phi) is 5.06. The second-order valence-corrected chi connectivity index (χ2v) is 6.52. The van der Waals surface area contributed by atoms with E-state index in [0.29, 0.717) is 12.6 Å². The van der Waals surface area contributed by atoms with Crippen LogP contribution < -0.4 is 10.1 Å². The summed E-state index contributed by atoms with van der Waals surface area (Å²) in [6.07, 6.45) is 5.42. The van der Waals surface area contributed by atoms with Crippen molar-refractivity contribution in [3.63, 3.8) is 0 Å². The molecule has 0 unspecified atom stereocenters. The smallest absolute Gasteiger partial charge is 0.119 e. The van der Waals surface area contributed by atoms with Crippen molar-refractivity contribution >= 4 is 0 Å². The molecule has 23 heavy (non-hydrogen) atoms. The number of hydrogen-bond acceptors (Lipinski definition) is 2. The standard InChI is InChI=1S/C20H28N2O/c1-4-23-20-11-9-19(10-12-20)22-15(2)13-17(16(22)3)14-21-18-7-5-6-8-18/h9-13,18,21H,4-8,14H2,1-3H3. The van der Waals surface area contributed by atoms with Crippen LogP contribution in [0.2, 0.25) is 0 Å². The van der Waals surface area contributed by atoms with Crippen molar-refractivity contribution in [3.05, 3.63) is 47.3 Å². The summed E-state index contributed by atoms with van der Waals surface area (Å²) in [5, 5.41) is 3.72. The molecule has 0 radical (unpaired) electrons. The van der Waals surface area contributed by atoms with Gasteiger partial charge in [0.25, 0.3) is 0 Å². The Balaban J connectivity index is 1.76. The van der Waals surface area contributed by atoms with Crippen LogP contribution in [0.1, 0.15) is 49.6 Å². The summed E-state index contributed by atoms with van der Waals surface area (Å²) in [7, 11) is 0. The topological polar surface area (TPSA) is 26.2 Å². The van der Waals surface area contributed by atoms with Gasteiger partial charge in [-0.3, -0.25) is 0 Å². The van der Waals surface area contributed by atoms with E-state index in [-0.39, 0.29) is 0 Å². The average molecular weight is 312 g/mol. The molecule has 1 aliphatic rings. The highest BCUT2D eigenvalue weighted by molar-refractivity contribution is 5.43. The minimum Gasteiger partial charge on any atom is -0.494 e. The van der Waals surface area contributed by atoms with Crippen molar-refractivity contribution in [2.75, 3.05) is 6.61 Å². The van der Waals surface area contributed by atoms with Gasteiger partial charge in [0.05, 0.1) is 6.61 Å². The van der Waals surface area contributed by atoms with E-state index in [1.165, 1.54) is 48.3 Å². The van der Waals surface area contributed by atoms with Gasteiger partial charge in [-0.15, -0.1) is 0 Å². The summed E-state index contributed by atoms with van der Waals surface area (Å²) in [4.78, 5) is 0. The second-order valence-electron chi connectivity index (χ2n) is 6.52. The largest absolute Gasteiger partial charge is 0.494 e. The van der Waals surface area contributed by atoms with E-state index < -0.39 is 0 Å². The summed E-state index contributed by atoms with van der Waals surface area (Å²) >= 11 is 0. The molecule has 1 saturated carbocycles. The zero-order valence-electron chi connectivity index (χ0n) is 14.6. The SMILES string of the molecule is CCOc1ccc(-n2c(C)cc(CNC3CCCC3)c2C)cc1. The first-order valence-corrected chi connectivity index (χ1v) is 8.83. The number of aromatic nitrogens is 1. The third-order valence-corrected chi connectivity index (χ3v) is 4.88. The lowest BCUT2D eigenvalue weighted by Crippen LogP contribution is -2.25. The lowest BCUT2D eigenvalue weighted by Gasteiger charge is -2.13. The van der Waals surface area contributed by atoms with Gasteiger partial charge in [0.2, 0.25) is 0 Å². The molecule has 0 aliphatic heterocycles. The van der Waals surface area contributed by atoms with E-state index in [4.69, 9.17) is 4.74 Å². The van der Waals surface area contributed by atoms with E-state index in [0.717, 1.165) is 12.3 Å². The molecule has 1 aliphatic carbocycles. The van der Waals surface area contributed by atoms with Crippen LogP contribution in [0.4, 0.5) is 0 Å². The summed E-state index contributed by atoms with van der Waals surface area (Å²) in [6, 6.07) is 11.4. The van der Waals surface area contributed by atoms with Crippen molar-refractivity contribution in [1.29, 1.82) is 0 Å². The molecule has 0 spiro atoms. The van der Waals surface area contributed by atoms with Crippen LogP contribution in [0.15, 0.2) is 30.3 Å². The molecule has 1 aromatic heterocycles. The molecule has 2 aromatic rings. The molecule has 0 bridgehead atoms. The first-order chi connectivity index (χ1) is 11.2. The minimum absolute atomic E-state index is 0.706. The van der Waals surface area contributed by atoms with Gasteiger partial charge >= 0.3 is 0 Å².